The van der Waals surface area contributed by atoms with E-state index in [-0.39, 0.29) is 0 Å². The summed E-state index contributed by atoms with van der Waals surface area (Å²) >= 11 is 0. The molecule has 19 heavy (non-hydrogen) atoms. The molecule has 1 aliphatic heterocycles. The molecule has 0 aliphatic carbocycles. The molecule has 1 atom stereocenters. The summed E-state index contributed by atoms with van der Waals surface area (Å²) in [4.78, 5) is 10.8. The fourth-order valence-electron chi connectivity index (χ4n) is 2.72. The first-order valence-corrected chi connectivity index (χ1v) is 6.50. The van der Waals surface area contributed by atoms with Crippen LogP contribution in [0.1, 0.15) is 30.1 Å². The second-order valence-corrected chi connectivity index (χ2v) is 5.02. The van der Waals surface area contributed by atoms with E-state index in [0.29, 0.717) is 12.0 Å². The van der Waals surface area contributed by atoms with Gasteiger partial charge < -0.3 is 10.6 Å². The van der Waals surface area contributed by atoms with Gasteiger partial charge in [-0.1, -0.05) is 0 Å². The zero-order valence-corrected chi connectivity index (χ0v) is 11.2. The maximum Gasteiger partial charge on any atom is 0.222 e. The third-order valence-electron chi connectivity index (χ3n) is 3.51. The number of nitrogens with zero attached hydrogens (tertiary/aromatic N) is 5. The Hall–Kier alpha value is -2.11. The van der Waals surface area contributed by atoms with Crippen molar-refractivity contribution < 1.29 is 0 Å². The van der Waals surface area contributed by atoms with Gasteiger partial charge in [0.25, 0.3) is 0 Å². The van der Waals surface area contributed by atoms with Gasteiger partial charge in [0.05, 0.1) is 12.2 Å². The van der Waals surface area contributed by atoms with E-state index in [1.807, 2.05) is 30.9 Å². The molecule has 1 aliphatic rings. The first-order chi connectivity index (χ1) is 9.13. The Labute approximate surface area is 112 Å². The van der Waals surface area contributed by atoms with Crippen LogP contribution in [0.15, 0.2) is 18.5 Å². The predicted molar refractivity (Wildman–Crippen MR) is 73.7 cm³/mol. The average Bonchev–Trinajstić information content (AvgIpc) is 2.95. The SMILES string of the molecule is Cc1cc(N2CCC[C@@H]2c2cnn(C)c2)nc(N)n1. The lowest BCUT2D eigenvalue weighted by molar-refractivity contribution is 0.707. The summed E-state index contributed by atoms with van der Waals surface area (Å²) in [6.45, 7) is 2.94. The summed E-state index contributed by atoms with van der Waals surface area (Å²) in [5.74, 6) is 1.25. The second-order valence-electron chi connectivity index (χ2n) is 5.02. The Morgan fingerprint density at radius 3 is 2.89 bits per heavy atom. The van der Waals surface area contributed by atoms with Crippen LogP contribution in [0.4, 0.5) is 11.8 Å². The number of aryl methyl sites for hydroxylation is 2. The third-order valence-corrected chi connectivity index (χ3v) is 3.51. The molecule has 0 radical (unpaired) electrons. The van der Waals surface area contributed by atoms with Gasteiger partial charge in [0.2, 0.25) is 5.95 Å². The summed E-state index contributed by atoms with van der Waals surface area (Å²) in [7, 11) is 1.94. The number of nitrogen functional groups attached to an aromatic ring is 1. The fraction of sp³-hybridized carbons (Fsp3) is 0.462. The van der Waals surface area contributed by atoms with Crippen LogP contribution >= 0.6 is 0 Å². The van der Waals surface area contributed by atoms with E-state index in [1.165, 1.54) is 5.56 Å². The van der Waals surface area contributed by atoms with Gasteiger partial charge in [0.1, 0.15) is 5.82 Å². The summed E-state index contributed by atoms with van der Waals surface area (Å²) in [6, 6.07) is 2.33. The Bertz CT molecular complexity index is 570. The minimum Gasteiger partial charge on any atom is -0.368 e. The smallest absolute Gasteiger partial charge is 0.222 e. The van der Waals surface area contributed by atoms with E-state index in [1.54, 1.807) is 0 Å². The number of nitrogens with two attached hydrogens (primary N) is 1. The highest BCUT2D eigenvalue weighted by Crippen LogP contribution is 2.35. The van der Waals surface area contributed by atoms with E-state index in [2.05, 4.69) is 26.2 Å². The van der Waals surface area contributed by atoms with E-state index in [4.69, 9.17) is 5.73 Å². The Morgan fingerprint density at radius 2 is 2.21 bits per heavy atom. The largest absolute Gasteiger partial charge is 0.368 e. The van der Waals surface area contributed by atoms with Crippen LogP contribution in [-0.2, 0) is 7.05 Å². The summed E-state index contributed by atoms with van der Waals surface area (Å²) in [5.41, 5.74) is 7.88. The summed E-state index contributed by atoms with van der Waals surface area (Å²) < 4.78 is 1.84. The molecular formula is C13H18N6. The molecule has 100 valence electrons. The van der Waals surface area contributed by atoms with Gasteiger partial charge in [-0.15, -0.1) is 0 Å². The molecular weight excluding hydrogens is 240 g/mol. The highest BCUT2D eigenvalue weighted by Gasteiger charge is 2.28. The molecule has 0 spiro atoms. The molecule has 6 nitrogen and oxygen atoms in total. The van der Waals surface area contributed by atoms with Crippen molar-refractivity contribution in [1.82, 2.24) is 19.7 Å². The normalized spacial score (nSPS) is 19.1. The molecule has 6 heteroatoms. The monoisotopic (exact) mass is 258 g/mol. The Balaban J connectivity index is 1.94. The molecule has 2 aromatic heterocycles. The van der Waals surface area contributed by atoms with E-state index >= 15 is 0 Å². The van der Waals surface area contributed by atoms with E-state index < -0.39 is 0 Å². The number of hydrogen-bond acceptors (Lipinski definition) is 5. The predicted octanol–water partition coefficient (Wildman–Crippen LogP) is 1.44. The topological polar surface area (TPSA) is 72.9 Å². The van der Waals surface area contributed by atoms with Crippen molar-refractivity contribution in [2.75, 3.05) is 17.2 Å². The van der Waals surface area contributed by atoms with Crippen molar-refractivity contribution in [2.24, 2.45) is 7.05 Å². The fourth-order valence-corrected chi connectivity index (χ4v) is 2.72. The zero-order chi connectivity index (χ0) is 13.4. The van der Waals surface area contributed by atoms with Crippen LogP contribution in [0, 0.1) is 6.92 Å². The molecule has 0 aromatic carbocycles. The van der Waals surface area contributed by atoms with Gasteiger partial charge >= 0.3 is 0 Å². The van der Waals surface area contributed by atoms with E-state index in [9.17, 15) is 0 Å². The number of rotatable bonds is 2. The number of anilines is 2. The molecule has 0 saturated carbocycles. The van der Waals surface area contributed by atoms with Crippen LogP contribution < -0.4 is 10.6 Å². The van der Waals surface area contributed by atoms with Crippen LogP contribution in [0.2, 0.25) is 0 Å². The molecule has 0 bridgehead atoms. The van der Waals surface area contributed by atoms with Crippen molar-refractivity contribution in [3.63, 3.8) is 0 Å². The van der Waals surface area contributed by atoms with Crippen LogP contribution in [0.5, 0.6) is 0 Å². The van der Waals surface area contributed by atoms with Crippen LogP contribution in [0.25, 0.3) is 0 Å². The van der Waals surface area contributed by atoms with Crippen molar-refractivity contribution in [3.05, 3.63) is 29.7 Å². The first-order valence-electron chi connectivity index (χ1n) is 6.50. The van der Waals surface area contributed by atoms with Crippen molar-refractivity contribution in [1.29, 1.82) is 0 Å². The van der Waals surface area contributed by atoms with Gasteiger partial charge in [-0.2, -0.15) is 10.1 Å². The molecule has 0 amide bonds. The molecule has 1 fully saturated rings. The van der Waals surface area contributed by atoms with Gasteiger partial charge in [-0.3, -0.25) is 4.68 Å². The Kier molecular flexibility index (Phi) is 2.85. The van der Waals surface area contributed by atoms with Crippen LogP contribution in [-0.4, -0.2) is 26.3 Å². The zero-order valence-electron chi connectivity index (χ0n) is 11.2. The highest BCUT2D eigenvalue weighted by atomic mass is 15.3. The Morgan fingerprint density at radius 1 is 1.37 bits per heavy atom. The van der Waals surface area contributed by atoms with Gasteiger partial charge in [0, 0.05) is 37.1 Å². The third kappa shape index (κ3) is 2.25. The van der Waals surface area contributed by atoms with Crippen molar-refractivity contribution >= 4 is 11.8 Å². The molecule has 1 saturated heterocycles. The minimum atomic E-state index is 0.336. The van der Waals surface area contributed by atoms with E-state index in [0.717, 1.165) is 30.9 Å². The van der Waals surface area contributed by atoms with Gasteiger partial charge in [-0.05, 0) is 19.8 Å². The summed E-state index contributed by atoms with van der Waals surface area (Å²) in [6.07, 6.45) is 6.28. The molecule has 2 N–H and O–H groups in total. The van der Waals surface area contributed by atoms with Gasteiger partial charge in [-0.25, -0.2) is 4.98 Å². The lowest BCUT2D eigenvalue weighted by Crippen LogP contribution is -2.24. The van der Waals surface area contributed by atoms with Crippen LogP contribution in [0.3, 0.4) is 0 Å². The number of aromatic nitrogens is 4. The average molecular weight is 258 g/mol. The van der Waals surface area contributed by atoms with Crippen molar-refractivity contribution in [2.45, 2.75) is 25.8 Å². The quantitative estimate of drug-likeness (QED) is 0.882. The molecule has 3 rings (SSSR count). The standard InChI is InChI=1S/C13H18N6/c1-9-6-12(17-13(14)16-9)19-5-3-4-11(19)10-7-15-18(2)8-10/h6-8,11H,3-5H2,1-2H3,(H2,14,16,17)/t11-/m1/s1. The molecule has 2 aromatic rings. The van der Waals surface area contributed by atoms with Gasteiger partial charge in [0.15, 0.2) is 0 Å². The molecule has 0 unspecified atom stereocenters. The summed E-state index contributed by atoms with van der Waals surface area (Å²) in [5, 5.41) is 4.26. The van der Waals surface area contributed by atoms with Crippen molar-refractivity contribution in [3.8, 4) is 0 Å². The maximum atomic E-state index is 5.75. The first kappa shape index (κ1) is 12.0. The second kappa shape index (κ2) is 4.53. The number of hydrogen-bond donors (Lipinski definition) is 1. The lowest BCUT2D eigenvalue weighted by Gasteiger charge is -2.25. The maximum absolute atomic E-state index is 5.75. The lowest BCUT2D eigenvalue weighted by atomic mass is 10.1. The minimum absolute atomic E-state index is 0.336. The molecule has 3 heterocycles. The highest BCUT2D eigenvalue weighted by molar-refractivity contribution is 5.47.